The highest BCUT2D eigenvalue weighted by atomic mass is 32.1. The molecule has 0 fully saturated rings. The van der Waals surface area contributed by atoms with Crippen LogP contribution in [-0.2, 0) is 6.54 Å². The van der Waals surface area contributed by atoms with Gasteiger partial charge in [0.15, 0.2) is 0 Å². The number of hydrogen-bond donors (Lipinski definition) is 2. The van der Waals surface area contributed by atoms with Crippen LogP contribution in [0.15, 0.2) is 41.8 Å². The first-order chi connectivity index (χ1) is 9.25. The van der Waals surface area contributed by atoms with Crippen molar-refractivity contribution in [2.24, 2.45) is 0 Å². The van der Waals surface area contributed by atoms with Crippen LogP contribution in [0.2, 0.25) is 0 Å². The van der Waals surface area contributed by atoms with Crippen LogP contribution >= 0.6 is 11.3 Å². The van der Waals surface area contributed by atoms with Crippen LogP contribution < -0.4 is 10.1 Å². The van der Waals surface area contributed by atoms with Gasteiger partial charge in [0, 0.05) is 18.0 Å². The van der Waals surface area contributed by atoms with E-state index in [1.165, 1.54) is 4.88 Å². The van der Waals surface area contributed by atoms with Crippen LogP contribution in [0.3, 0.4) is 0 Å². The highest BCUT2D eigenvalue weighted by molar-refractivity contribution is 7.09. The number of nitrogens with one attached hydrogen (secondary N) is 1. The van der Waals surface area contributed by atoms with E-state index < -0.39 is 6.10 Å². The Morgan fingerprint density at radius 3 is 2.84 bits per heavy atom. The van der Waals surface area contributed by atoms with E-state index in [-0.39, 0.29) is 0 Å². The van der Waals surface area contributed by atoms with Gasteiger partial charge in [-0.05, 0) is 30.0 Å². The molecule has 0 spiro atoms. The lowest BCUT2D eigenvalue weighted by atomic mass is 10.2. The Bertz CT molecular complexity index is 485. The minimum absolute atomic E-state index is 0.308. The second-order valence-electron chi connectivity index (χ2n) is 4.44. The average Bonchev–Trinajstić information content (AvgIpc) is 2.91. The summed E-state index contributed by atoms with van der Waals surface area (Å²) >= 11 is 1.71. The summed E-state index contributed by atoms with van der Waals surface area (Å²) in [6, 6.07) is 11.9. The molecule has 0 aliphatic rings. The van der Waals surface area contributed by atoms with E-state index in [1.54, 1.807) is 11.3 Å². The molecule has 0 saturated heterocycles. The molecule has 0 radical (unpaired) electrons. The highest BCUT2D eigenvalue weighted by Crippen LogP contribution is 2.16. The SMILES string of the molecule is Cc1ccccc1OCC(O)CNCc1cccs1. The quantitative estimate of drug-likeness (QED) is 0.817. The predicted octanol–water partition coefficient (Wildman–Crippen LogP) is 2.59. The normalized spacial score (nSPS) is 12.3. The van der Waals surface area contributed by atoms with Gasteiger partial charge in [-0.15, -0.1) is 11.3 Å². The van der Waals surface area contributed by atoms with Gasteiger partial charge < -0.3 is 15.2 Å². The third-order valence-electron chi connectivity index (χ3n) is 2.78. The van der Waals surface area contributed by atoms with Gasteiger partial charge >= 0.3 is 0 Å². The molecule has 4 heteroatoms. The first-order valence-electron chi connectivity index (χ1n) is 6.35. The molecule has 0 saturated carbocycles. The Morgan fingerprint density at radius 2 is 2.11 bits per heavy atom. The minimum atomic E-state index is -0.500. The van der Waals surface area contributed by atoms with E-state index >= 15 is 0 Å². The summed E-state index contributed by atoms with van der Waals surface area (Å²) in [6.07, 6.45) is -0.500. The maximum absolute atomic E-state index is 9.85. The van der Waals surface area contributed by atoms with Crippen molar-refractivity contribution < 1.29 is 9.84 Å². The number of aliphatic hydroxyl groups is 1. The van der Waals surface area contributed by atoms with Gasteiger partial charge in [-0.3, -0.25) is 0 Å². The van der Waals surface area contributed by atoms with Crippen LogP contribution in [0.5, 0.6) is 5.75 Å². The van der Waals surface area contributed by atoms with Gasteiger partial charge in [-0.2, -0.15) is 0 Å². The van der Waals surface area contributed by atoms with Crippen LogP contribution in [0.1, 0.15) is 10.4 Å². The number of hydrogen-bond acceptors (Lipinski definition) is 4. The van der Waals surface area contributed by atoms with Crippen LogP contribution in [0, 0.1) is 6.92 Å². The van der Waals surface area contributed by atoms with Gasteiger partial charge in [0.05, 0.1) is 0 Å². The number of para-hydroxylation sites is 1. The lowest BCUT2D eigenvalue weighted by molar-refractivity contribution is 0.106. The fraction of sp³-hybridized carbons (Fsp3) is 0.333. The van der Waals surface area contributed by atoms with Crippen molar-refractivity contribution in [1.29, 1.82) is 0 Å². The Balaban J connectivity index is 1.67. The zero-order valence-corrected chi connectivity index (χ0v) is 11.8. The third-order valence-corrected chi connectivity index (χ3v) is 3.66. The molecule has 0 aliphatic heterocycles. The average molecular weight is 277 g/mol. The van der Waals surface area contributed by atoms with Gasteiger partial charge in [0.1, 0.15) is 18.5 Å². The Labute approximate surface area is 117 Å². The Kier molecular flexibility index (Phi) is 5.39. The molecule has 1 aromatic heterocycles. The van der Waals surface area contributed by atoms with Gasteiger partial charge in [-0.1, -0.05) is 24.3 Å². The van der Waals surface area contributed by atoms with E-state index in [1.807, 2.05) is 37.3 Å². The van der Waals surface area contributed by atoms with Crippen molar-refractivity contribution in [3.63, 3.8) is 0 Å². The topological polar surface area (TPSA) is 41.5 Å². The number of aryl methyl sites for hydroxylation is 1. The molecule has 102 valence electrons. The molecule has 0 amide bonds. The van der Waals surface area contributed by atoms with E-state index in [0.717, 1.165) is 17.9 Å². The lowest BCUT2D eigenvalue weighted by Crippen LogP contribution is -2.31. The molecular weight excluding hydrogens is 258 g/mol. The number of rotatable bonds is 7. The monoisotopic (exact) mass is 277 g/mol. The summed E-state index contributed by atoms with van der Waals surface area (Å²) in [5.74, 6) is 0.833. The zero-order valence-electron chi connectivity index (χ0n) is 11.0. The fourth-order valence-corrected chi connectivity index (χ4v) is 2.41. The largest absolute Gasteiger partial charge is 0.491 e. The summed E-state index contributed by atoms with van der Waals surface area (Å²) in [4.78, 5) is 1.27. The van der Waals surface area contributed by atoms with Crippen molar-refractivity contribution >= 4 is 11.3 Å². The molecule has 0 bridgehead atoms. The van der Waals surface area contributed by atoms with Crippen molar-refractivity contribution in [3.8, 4) is 5.75 Å². The van der Waals surface area contributed by atoms with E-state index in [0.29, 0.717) is 13.2 Å². The van der Waals surface area contributed by atoms with Crippen molar-refractivity contribution in [3.05, 3.63) is 52.2 Å². The van der Waals surface area contributed by atoms with Crippen molar-refractivity contribution in [2.45, 2.75) is 19.6 Å². The molecule has 1 heterocycles. The smallest absolute Gasteiger partial charge is 0.122 e. The van der Waals surface area contributed by atoms with Gasteiger partial charge in [0.2, 0.25) is 0 Å². The molecule has 0 aliphatic carbocycles. The molecule has 19 heavy (non-hydrogen) atoms. The molecule has 2 aromatic rings. The highest BCUT2D eigenvalue weighted by Gasteiger charge is 2.06. The summed E-state index contributed by atoms with van der Waals surface area (Å²) in [6.45, 7) is 3.63. The molecule has 1 atom stereocenters. The second-order valence-corrected chi connectivity index (χ2v) is 5.47. The molecule has 2 rings (SSSR count). The van der Waals surface area contributed by atoms with Crippen molar-refractivity contribution in [1.82, 2.24) is 5.32 Å². The van der Waals surface area contributed by atoms with E-state index in [4.69, 9.17) is 4.74 Å². The van der Waals surface area contributed by atoms with Crippen LogP contribution in [0.4, 0.5) is 0 Å². The fourth-order valence-electron chi connectivity index (χ4n) is 1.74. The first-order valence-corrected chi connectivity index (χ1v) is 7.23. The number of aliphatic hydroxyl groups excluding tert-OH is 1. The zero-order chi connectivity index (χ0) is 13.5. The Hall–Kier alpha value is -1.36. The predicted molar refractivity (Wildman–Crippen MR) is 78.7 cm³/mol. The summed E-state index contributed by atoms with van der Waals surface area (Å²) in [5, 5.41) is 15.1. The summed E-state index contributed by atoms with van der Waals surface area (Å²) in [5.41, 5.74) is 1.08. The third kappa shape index (κ3) is 4.67. The standard InChI is InChI=1S/C15H19NO2S/c1-12-5-2-3-7-15(12)18-11-13(17)9-16-10-14-6-4-8-19-14/h2-8,13,16-17H,9-11H2,1H3. The van der Waals surface area contributed by atoms with Crippen molar-refractivity contribution in [2.75, 3.05) is 13.2 Å². The van der Waals surface area contributed by atoms with E-state index in [2.05, 4.69) is 16.8 Å². The first kappa shape index (κ1) is 14.1. The maximum Gasteiger partial charge on any atom is 0.122 e. The molecule has 3 nitrogen and oxygen atoms in total. The van der Waals surface area contributed by atoms with Crippen LogP contribution in [0.25, 0.3) is 0 Å². The number of benzene rings is 1. The minimum Gasteiger partial charge on any atom is -0.491 e. The molecular formula is C15H19NO2S. The molecule has 1 aromatic carbocycles. The maximum atomic E-state index is 9.85. The van der Waals surface area contributed by atoms with Gasteiger partial charge in [0.25, 0.3) is 0 Å². The lowest BCUT2D eigenvalue weighted by Gasteiger charge is -2.14. The molecule has 2 N–H and O–H groups in total. The molecule has 1 unspecified atom stereocenters. The second kappa shape index (κ2) is 7.28. The van der Waals surface area contributed by atoms with E-state index in [9.17, 15) is 5.11 Å². The Morgan fingerprint density at radius 1 is 1.26 bits per heavy atom. The summed E-state index contributed by atoms with van der Waals surface area (Å²) < 4.78 is 5.60. The van der Waals surface area contributed by atoms with Gasteiger partial charge in [-0.25, -0.2) is 0 Å². The van der Waals surface area contributed by atoms with Crippen LogP contribution in [-0.4, -0.2) is 24.4 Å². The number of thiophene rings is 1. The number of ether oxygens (including phenoxy) is 1. The summed E-state index contributed by atoms with van der Waals surface area (Å²) in [7, 11) is 0.